The Labute approximate surface area is 174 Å². The minimum atomic E-state index is -4.42. The van der Waals surface area contributed by atoms with Crippen molar-refractivity contribution in [2.75, 3.05) is 32.8 Å². The Kier molecular flexibility index (Phi) is 6.92. The van der Waals surface area contributed by atoms with Crippen molar-refractivity contribution in [2.45, 2.75) is 12.2 Å². The number of nitrogens with one attached hydrogen (secondary N) is 1. The predicted molar refractivity (Wildman–Crippen MR) is 103 cm³/mol. The summed E-state index contributed by atoms with van der Waals surface area (Å²) in [6, 6.07) is 8.58. The van der Waals surface area contributed by atoms with E-state index in [-0.39, 0.29) is 18.2 Å². The van der Waals surface area contributed by atoms with Crippen LogP contribution in [-0.4, -0.2) is 43.7 Å². The molecule has 1 heterocycles. The van der Waals surface area contributed by atoms with Crippen LogP contribution in [0, 0.1) is 5.82 Å². The van der Waals surface area contributed by atoms with Gasteiger partial charge >= 0.3 is 6.18 Å². The topological polar surface area (TPSA) is 41.6 Å². The molecular formula is C20H19BrF4N2O2. The van der Waals surface area contributed by atoms with Crippen molar-refractivity contribution in [1.82, 2.24) is 10.2 Å². The van der Waals surface area contributed by atoms with Gasteiger partial charge in [0.1, 0.15) is 5.82 Å². The van der Waals surface area contributed by atoms with Crippen LogP contribution in [0.3, 0.4) is 0 Å². The number of benzene rings is 2. The van der Waals surface area contributed by atoms with Gasteiger partial charge in [0.25, 0.3) is 5.91 Å². The average Bonchev–Trinajstić information content (AvgIpc) is 2.70. The first-order chi connectivity index (χ1) is 13.8. The highest BCUT2D eigenvalue weighted by Gasteiger charge is 2.31. The molecule has 0 aliphatic carbocycles. The van der Waals surface area contributed by atoms with E-state index in [2.05, 4.69) is 21.2 Å². The zero-order valence-electron chi connectivity index (χ0n) is 15.3. The lowest BCUT2D eigenvalue weighted by molar-refractivity contribution is -0.137. The van der Waals surface area contributed by atoms with Gasteiger partial charge in [-0.3, -0.25) is 9.69 Å². The average molecular weight is 475 g/mol. The molecule has 1 amide bonds. The second-order valence-electron chi connectivity index (χ2n) is 6.62. The molecule has 4 nitrogen and oxygen atoms in total. The standard InChI is InChI=1S/C20H19BrF4N2O2/c21-15-5-6-17(22)16(11-15)19(28)26-12-18(27-7-9-29-10-8-27)13-1-3-14(4-2-13)20(23,24)25/h1-6,11,18H,7-10,12H2,(H,26,28). The molecule has 1 aliphatic rings. The van der Waals surface area contributed by atoms with Gasteiger partial charge in [-0.15, -0.1) is 0 Å². The van der Waals surface area contributed by atoms with E-state index in [0.29, 0.717) is 36.3 Å². The maximum Gasteiger partial charge on any atom is 0.416 e. The zero-order valence-corrected chi connectivity index (χ0v) is 16.9. The van der Waals surface area contributed by atoms with Crippen LogP contribution in [0.1, 0.15) is 27.5 Å². The van der Waals surface area contributed by atoms with E-state index in [1.165, 1.54) is 30.3 Å². The van der Waals surface area contributed by atoms with Crippen molar-refractivity contribution in [3.63, 3.8) is 0 Å². The minimum absolute atomic E-state index is 0.104. The van der Waals surface area contributed by atoms with Crippen LogP contribution < -0.4 is 5.32 Å². The highest BCUT2D eigenvalue weighted by Crippen LogP contribution is 2.31. The number of carbonyl (C=O) groups is 1. The van der Waals surface area contributed by atoms with E-state index in [4.69, 9.17) is 4.74 Å². The molecule has 1 fully saturated rings. The van der Waals surface area contributed by atoms with E-state index >= 15 is 0 Å². The van der Waals surface area contributed by atoms with Crippen molar-refractivity contribution >= 4 is 21.8 Å². The molecule has 1 N–H and O–H groups in total. The highest BCUT2D eigenvalue weighted by molar-refractivity contribution is 9.10. The maximum absolute atomic E-state index is 14.0. The van der Waals surface area contributed by atoms with Crippen LogP contribution in [0.4, 0.5) is 17.6 Å². The van der Waals surface area contributed by atoms with Gasteiger partial charge in [0, 0.05) is 24.1 Å². The summed E-state index contributed by atoms with van der Waals surface area (Å²) in [5, 5.41) is 2.70. The second-order valence-corrected chi connectivity index (χ2v) is 7.53. The summed E-state index contributed by atoms with van der Waals surface area (Å²) in [6.07, 6.45) is -4.42. The highest BCUT2D eigenvalue weighted by atomic mass is 79.9. The number of rotatable bonds is 5. The number of hydrogen-bond acceptors (Lipinski definition) is 3. The first kappa shape index (κ1) is 21.7. The molecule has 1 aliphatic heterocycles. The van der Waals surface area contributed by atoms with Gasteiger partial charge in [-0.2, -0.15) is 13.2 Å². The third kappa shape index (κ3) is 5.55. The molecule has 3 rings (SSSR count). The first-order valence-corrected chi connectivity index (χ1v) is 9.77. The zero-order chi connectivity index (χ0) is 21.0. The van der Waals surface area contributed by atoms with Crippen LogP contribution in [-0.2, 0) is 10.9 Å². The molecule has 1 atom stereocenters. The quantitative estimate of drug-likeness (QED) is 0.652. The van der Waals surface area contributed by atoms with Gasteiger partial charge in [-0.1, -0.05) is 28.1 Å². The molecule has 2 aromatic rings. The summed E-state index contributed by atoms with van der Waals surface area (Å²) in [7, 11) is 0. The van der Waals surface area contributed by atoms with Gasteiger partial charge in [0.15, 0.2) is 0 Å². The summed E-state index contributed by atoms with van der Waals surface area (Å²) in [4.78, 5) is 14.5. The fraction of sp³-hybridized carbons (Fsp3) is 0.350. The molecule has 0 aromatic heterocycles. The maximum atomic E-state index is 14.0. The molecule has 2 aromatic carbocycles. The van der Waals surface area contributed by atoms with E-state index in [1.807, 2.05) is 4.90 Å². The third-order valence-corrected chi connectivity index (χ3v) is 5.23. The minimum Gasteiger partial charge on any atom is -0.379 e. The Morgan fingerprint density at radius 3 is 2.41 bits per heavy atom. The number of amides is 1. The summed E-state index contributed by atoms with van der Waals surface area (Å²) in [5.41, 5.74) is -0.204. The molecule has 1 unspecified atom stereocenters. The molecule has 0 bridgehead atoms. The van der Waals surface area contributed by atoms with Crippen LogP contribution >= 0.6 is 15.9 Å². The number of halogens is 5. The first-order valence-electron chi connectivity index (χ1n) is 8.98. The Bertz CT molecular complexity index is 853. The summed E-state index contributed by atoms with van der Waals surface area (Å²) in [5.74, 6) is -1.24. The van der Waals surface area contributed by atoms with Crippen molar-refractivity contribution in [1.29, 1.82) is 0 Å². The molecule has 9 heteroatoms. The van der Waals surface area contributed by atoms with E-state index < -0.39 is 23.5 Å². The van der Waals surface area contributed by atoms with Crippen molar-refractivity contribution in [2.24, 2.45) is 0 Å². The van der Waals surface area contributed by atoms with E-state index in [0.717, 1.165) is 12.1 Å². The van der Waals surface area contributed by atoms with Gasteiger partial charge < -0.3 is 10.1 Å². The van der Waals surface area contributed by atoms with Crippen LogP contribution in [0.5, 0.6) is 0 Å². The Balaban J connectivity index is 1.79. The molecule has 29 heavy (non-hydrogen) atoms. The Morgan fingerprint density at radius 2 is 1.79 bits per heavy atom. The van der Waals surface area contributed by atoms with Crippen LogP contribution in [0.2, 0.25) is 0 Å². The fourth-order valence-corrected chi connectivity index (χ4v) is 3.56. The van der Waals surface area contributed by atoms with Gasteiger partial charge in [0.2, 0.25) is 0 Å². The van der Waals surface area contributed by atoms with E-state index in [9.17, 15) is 22.4 Å². The number of hydrogen-bond donors (Lipinski definition) is 1. The van der Waals surface area contributed by atoms with Crippen molar-refractivity contribution in [3.05, 3.63) is 69.4 Å². The van der Waals surface area contributed by atoms with E-state index in [1.54, 1.807) is 0 Å². The third-order valence-electron chi connectivity index (χ3n) is 4.74. The van der Waals surface area contributed by atoms with Crippen LogP contribution in [0.15, 0.2) is 46.9 Å². The lowest BCUT2D eigenvalue weighted by Gasteiger charge is -2.35. The number of alkyl halides is 3. The SMILES string of the molecule is O=C(NCC(c1ccc(C(F)(F)F)cc1)N1CCOCC1)c1cc(Br)ccc1F. The fourth-order valence-electron chi connectivity index (χ4n) is 3.20. The monoisotopic (exact) mass is 474 g/mol. The molecule has 1 saturated heterocycles. The largest absolute Gasteiger partial charge is 0.416 e. The molecule has 0 radical (unpaired) electrons. The lowest BCUT2D eigenvalue weighted by atomic mass is 10.0. The van der Waals surface area contributed by atoms with Crippen molar-refractivity contribution < 1.29 is 27.1 Å². The number of ether oxygens (including phenoxy) is 1. The van der Waals surface area contributed by atoms with Gasteiger partial charge in [-0.05, 0) is 35.9 Å². The van der Waals surface area contributed by atoms with Gasteiger partial charge in [-0.25, -0.2) is 4.39 Å². The molecule has 0 saturated carbocycles. The predicted octanol–water partition coefficient (Wildman–Crippen LogP) is 4.41. The second kappa shape index (κ2) is 9.23. The normalized spacial score (nSPS) is 16.4. The van der Waals surface area contributed by atoms with Gasteiger partial charge in [0.05, 0.1) is 30.4 Å². The number of carbonyl (C=O) groups excluding carboxylic acids is 1. The smallest absolute Gasteiger partial charge is 0.379 e. The number of nitrogens with zero attached hydrogens (tertiary/aromatic N) is 1. The summed E-state index contributed by atoms with van der Waals surface area (Å²) >= 11 is 3.21. The lowest BCUT2D eigenvalue weighted by Crippen LogP contribution is -2.44. The Hall–Kier alpha value is -1.97. The summed E-state index contributed by atoms with van der Waals surface area (Å²) in [6.45, 7) is 2.26. The Morgan fingerprint density at radius 1 is 1.14 bits per heavy atom. The van der Waals surface area contributed by atoms with Crippen LogP contribution in [0.25, 0.3) is 0 Å². The molecule has 0 spiro atoms. The molecule has 156 valence electrons. The number of morpholine rings is 1. The van der Waals surface area contributed by atoms with Crippen molar-refractivity contribution in [3.8, 4) is 0 Å². The summed E-state index contributed by atoms with van der Waals surface area (Å²) < 4.78 is 58.5. The molecular weight excluding hydrogens is 456 g/mol.